The van der Waals surface area contributed by atoms with Crippen LogP contribution in [-0.2, 0) is 0 Å². The van der Waals surface area contributed by atoms with Crippen molar-refractivity contribution in [1.29, 1.82) is 0 Å². The second kappa shape index (κ2) is 6.15. The summed E-state index contributed by atoms with van der Waals surface area (Å²) < 4.78 is 0. The molecule has 0 fully saturated rings. The summed E-state index contributed by atoms with van der Waals surface area (Å²) in [5.74, 6) is 2.04. The predicted molar refractivity (Wildman–Crippen MR) is 72.3 cm³/mol. The van der Waals surface area contributed by atoms with Gasteiger partial charge in [-0.1, -0.05) is 18.5 Å². The molecule has 2 N–H and O–H groups in total. The van der Waals surface area contributed by atoms with E-state index < -0.39 is 0 Å². The van der Waals surface area contributed by atoms with Gasteiger partial charge in [-0.3, -0.25) is 0 Å². The van der Waals surface area contributed by atoms with E-state index in [2.05, 4.69) is 28.0 Å². The number of aromatic nitrogens is 2. The van der Waals surface area contributed by atoms with Gasteiger partial charge in [0.1, 0.15) is 11.0 Å². The number of anilines is 2. The average molecular weight is 261 g/mol. The Bertz CT molecular complexity index is 327. The second-order valence-electron chi connectivity index (χ2n) is 3.54. The van der Waals surface area contributed by atoms with Crippen LogP contribution in [0.5, 0.6) is 0 Å². The Morgan fingerprint density at radius 3 is 2.75 bits per heavy atom. The lowest BCUT2D eigenvalue weighted by atomic mass is 10.2. The van der Waals surface area contributed by atoms with Gasteiger partial charge in [0.25, 0.3) is 0 Å². The number of hydrogen-bond donors (Lipinski definition) is 1. The number of halogens is 1. The van der Waals surface area contributed by atoms with Gasteiger partial charge in [0.15, 0.2) is 0 Å². The number of nitrogens with two attached hydrogens (primary N) is 1. The summed E-state index contributed by atoms with van der Waals surface area (Å²) in [5.41, 5.74) is 5.57. The smallest absolute Gasteiger partial charge is 0.223 e. The zero-order valence-corrected chi connectivity index (χ0v) is 11.3. The van der Waals surface area contributed by atoms with Crippen molar-refractivity contribution in [3.63, 3.8) is 0 Å². The Labute approximate surface area is 106 Å². The van der Waals surface area contributed by atoms with Gasteiger partial charge < -0.3 is 10.6 Å². The van der Waals surface area contributed by atoms with Crippen molar-refractivity contribution in [3.05, 3.63) is 11.2 Å². The van der Waals surface area contributed by atoms with Gasteiger partial charge in [0, 0.05) is 24.9 Å². The maximum atomic E-state index is 5.86. The van der Waals surface area contributed by atoms with E-state index in [1.807, 2.05) is 18.8 Å². The van der Waals surface area contributed by atoms with E-state index in [0.29, 0.717) is 11.2 Å². The third-order valence-corrected chi connectivity index (χ3v) is 3.35. The minimum atomic E-state index is 0.216. The lowest BCUT2D eigenvalue weighted by Gasteiger charge is -2.27. The van der Waals surface area contributed by atoms with Crippen LogP contribution in [0.25, 0.3) is 0 Å². The van der Waals surface area contributed by atoms with Crippen LogP contribution in [0.1, 0.15) is 13.3 Å². The molecule has 0 aliphatic heterocycles. The van der Waals surface area contributed by atoms with E-state index >= 15 is 0 Å². The molecule has 16 heavy (non-hydrogen) atoms. The molecule has 0 aliphatic carbocycles. The number of nitrogens with zero attached hydrogens (tertiary/aromatic N) is 3. The molecule has 0 spiro atoms. The van der Waals surface area contributed by atoms with Gasteiger partial charge in [-0.05, 0) is 12.7 Å². The van der Waals surface area contributed by atoms with Gasteiger partial charge in [-0.25, -0.2) is 4.98 Å². The van der Waals surface area contributed by atoms with E-state index in [1.54, 1.807) is 6.07 Å². The highest BCUT2D eigenvalue weighted by atomic mass is 35.5. The molecule has 1 aromatic rings. The first-order chi connectivity index (χ1) is 7.58. The third kappa shape index (κ3) is 3.42. The molecule has 6 heteroatoms. The normalized spacial score (nSPS) is 12.5. The topological polar surface area (TPSA) is 55.0 Å². The Kier molecular flexibility index (Phi) is 5.15. The SMILES string of the molecule is CCC(CSC)N(C)c1cc(Cl)nc(N)n1. The van der Waals surface area contributed by atoms with Crippen molar-refractivity contribution < 1.29 is 0 Å². The van der Waals surface area contributed by atoms with Crippen LogP contribution in [0.4, 0.5) is 11.8 Å². The Hall–Kier alpha value is -0.680. The van der Waals surface area contributed by atoms with Crippen molar-refractivity contribution in [3.8, 4) is 0 Å². The van der Waals surface area contributed by atoms with Crippen molar-refractivity contribution in [2.45, 2.75) is 19.4 Å². The van der Waals surface area contributed by atoms with Crippen LogP contribution in [0.3, 0.4) is 0 Å². The summed E-state index contributed by atoms with van der Waals surface area (Å²) in [5, 5.41) is 0.383. The third-order valence-electron chi connectivity index (χ3n) is 2.44. The fraction of sp³-hybridized carbons (Fsp3) is 0.600. The summed E-state index contributed by atoms with van der Waals surface area (Å²) in [7, 11) is 2.00. The quantitative estimate of drug-likeness (QED) is 0.824. The maximum Gasteiger partial charge on any atom is 0.223 e. The molecule has 1 rings (SSSR count). The standard InChI is InChI=1S/C10H17ClN4S/c1-4-7(6-16-3)15(2)9-5-8(11)13-10(12)14-9/h5,7H,4,6H2,1-3H3,(H2,12,13,14). The molecule has 0 bridgehead atoms. The molecular formula is C10H17ClN4S. The number of rotatable bonds is 5. The zero-order valence-electron chi connectivity index (χ0n) is 9.77. The van der Waals surface area contributed by atoms with E-state index in [1.165, 1.54) is 0 Å². The highest BCUT2D eigenvalue weighted by molar-refractivity contribution is 7.98. The molecule has 1 heterocycles. The Morgan fingerprint density at radius 1 is 1.56 bits per heavy atom. The average Bonchev–Trinajstić information content (AvgIpc) is 2.23. The van der Waals surface area contributed by atoms with Gasteiger partial charge in [-0.15, -0.1) is 0 Å². The molecule has 0 saturated carbocycles. The monoisotopic (exact) mass is 260 g/mol. The number of nitrogen functional groups attached to an aromatic ring is 1. The first-order valence-corrected chi connectivity index (χ1v) is 6.87. The fourth-order valence-electron chi connectivity index (χ4n) is 1.49. The minimum absolute atomic E-state index is 0.216. The van der Waals surface area contributed by atoms with Gasteiger partial charge >= 0.3 is 0 Å². The molecule has 0 aromatic carbocycles. The lowest BCUT2D eigenvalue weighted by Crippen LogP contribution is -2.33. The molecule has 0 saturated heterocycles. The molecule has 90 valence electrons. The predicted octanol–water partition coefficient (Wildman–Crippen LogP) is 2.29. The molecule has 0 aliphatic rings. The second-order valence-corrected chi connectivity index (χ2v) is 4.83. The molecule has 0 amide bonds. The molecule has 1 unspecified atom stereocenters. The first-order valence-electron chi connectivity index (χ1n) is 5.10. The van der Waals surface area contributed by atoms with Crippen molar-refractivity contribution in [1.82, 2.24) is 9.97 Å². The minimum Gasteiger partial charge on any atom is -0.368 e. The van der Waals surface area contributed by atoms with Crippen LogP contribution < -0.4 is 10.6 Å². The summed E-state index contributed by atoms with van der Waals surface area (Å²) in [6, 6.07) is 2.17. The van der Waals surface area contributed by atoms with Crippen LogP contribution in [0.15, 0.2) is 6.07 Å². The summed E-state index contributed by atoms with van der Waals surface area (Å²) >= 11 is 7.67. The van der Waals surface area contributed by atoms with E-state index in [0.717, 1.165) is 18.0 Å². The Balaban J connectivity index is 2.89. The lowest BCUT2D eigenvalue weighted by molar-refractivity contribution is 0.665. The molecule has 4 nitrogen and oxygen atoms in total. The summed E-state index contributed by atoms with van der Waals surface area (Å²) in [6.07, 6.45) is 3.15. The molecule has 0 radical (unpaired) electrons. The number of hydrogen-bond acceptors (Lipinski definition) is 5. The van der Waals surface area contributed by atoms with Gasteiger partial charge in [0.2, 0.25) is 5.95 Å². The van der Waals surface area contributed by atoms with E-state index in [-0.39, 0.29) is 5.95 Å². The fourth-order valence-corrected chi connectivity index (χ4v) is 2.51. The van der Waals surface area contributed by atoms with E-state index in [4.69, 9.17) is 17.3 Å². The van der Waals surface area contributed by atoms with Crippen molar-refractivity contribution in [2.75, 3.05) is 29.7 Å². The highest BCUT2D eigenvalue weighted by Gasteiger charge is 2.15. The molecular weight excluding hydrogens is 244 g/mol. The largest absolute Gasteiger partial charge is 0.368 e. The molecule has 1 aromatic heterocycles. The van der Waals surface area contributed by atoms with Crippen LogP contribution >= 0.6 is 23.4 Å². The van der Waals surface area contributed by atoms with Crippen LogP contribution in [-0.4, -0.2) is 35.1 Å². The summed E-state index contributed by atoms with van der Waals surface area (Å²) in [4.78, 5) is 10.1. The number of thioether (sulfide) groups is 1. The van der Waals surface area contributed by atoms with E-state index in [9.17, 15) is 0 Å². The maximum absolute atomic E-state index is 5.86. The summed E-state index contributed by atoms with van der Waals surface area (Å²) in [6.45, 7) is 2.16. The zero-order chi connectivity index (χ0) is 12.1. The van der Waals surface area contributed by atoms with Crippen LogP contribution in [0, 0.1) is 0 Å². The van der Waals surface area contributed by atoms with Crippen molar-refractivity contribution >= 4 is 35.1 Å². The van der Waals surface area contributed by atoms with Gasteiger partial charge in [-0.2, -0.15) is 16.7 Å². The first kappa shape index (κ1) is 13.4. The Morgan fingerprint density at radius 2 is 2.25 bits per heavy atom. The highest BCUT2D eigenvalue weighted by Crippen LogP contribution is 2.20. The molecule has 1 atom stereocenters. The van der Waals surface area contributed by atoms with Crippen molar-refractivity contribution in [2.24, 2.45) is 0 Å². The van der Waals surface area contributed by atoms with Gasteiger partial charge in [0.05, 0.1) is 0 Å². The van der Waals surface area contributed by atoms with Crippen LogP contribution in [0.2, 0.25) is 5.15 Å².